The van der Waals surface area contributed by atoms with Crippen molar-refractivity contribution in [2.75, 3.05) is 12.8 Å². The molecule has 2 rings (SSSR count). The number of anilines is 1. The van der Waals surface area contributed by atoms with E-state index in [2.05, 4.69) is 10.4 Å². The van der Waals surface area contributed by atoms with Crippen LogP contribution in [0.1, 0.15) is 10.4 Å². The van der Waals surface area contributed by atoms with Gasteiger partial charge in [-0.25, -0.2) is 4.68 Å². The van der Waals surface area contributed by atoms with E-state index in [4.69, 9.17) is 10.2 Å². The highest BCUT2D eigenvalue weighted by Crippen LogP contribution is 2.25. The van der Waals surface area contributed by atoms with Crippen LogP contribution < -0.4 is 11.1 Å². The normalized spacial score (nSPS) is 10.3. The molecule has 0 aliphatic rings. The number of hydrogen-bond acceptors (Lipinski definition) is 5. The van der Waals surface area contributed by atoms with E-state index < -0.39 is 0 Å². The number of amides is 1. The van der Waals surface area contributed by atoms with Crippen molar-refractivity contribution in [3.8, 4) is 11.5 Å². The van der Waals surface area contributed by atoms with Gasteiger partial charge < -0.3 is 15.5 Å². The number of nitrogens with one attached hydrogen (secondary N) is 1. The van der Waals surface area contributed by atoms with Crippen LogP contribution in [0.25, 0.3) is 11.5 Å². The largest absolute Gasteiger partial charge is 0.463 e. The first-order valence-electron chi connectivity index (χ1n) is 5.23. The van der Waals surface area contributed by atoms with Crippen molar-refractivity contribution in [1.29, 1.82) is 0 Å². The van der Waals surface area contributed by atoms with Gasteiger partial charge in [-0.15, -0.1) is 0 Å². The fourth-order valence-corrected chi connectivity index (χ4v) is 1.54. The Morgan fingerprint density at radius 3 is 3.00 bits per heavy atom. The second-order valence-electron chi connectivity index (χ2n) is 3.57. The van der Waals surface area contributed by atoms with Crippen molar-refractivity contribution in [3.05, 3.63) is 24.0 Å². The van der Waals surface area contributed by atoms with Gasteiger partial charge in [-0.05, 0) is 12.1 Å². The fraction of sp³-hybridized carbons (Fsp3) is 0.182. The molecule has 7 heteroatoms. The Kier molecular flexibility index (Phi) is 3.13. The van der Waals surface area contributed by atoms with Gasteiger partial charge in [0.2, 0.25) is 5.91 Å². The van der Waals surface area contributed by atoms with Crippen LogP contribution >= 0.6 is 0 Å². The number of carbonyl (C=O) groups excluding carboxylic acids is 2. The molecule has 2 aromatic rings. The molecular weight excluding hydrogens is 236 g/mol. The molecule has 18 heavy (non-hydrogen) atoms. The average molecular weight is 248 g/mol. The van der Waals surface area contributed by atoms with Crippen LogP contribution in [0.2, 0.25) is 0 Å². The number of nitrogens with zero attached hydrogens (tertiary/aromatic N) is 2. The molecule has 2 aromatic heterocycles. The SMILES string of the molecule is CNC(=O)Cn1nc(-c2ccco2)c(C=O)c1N. The zero-order valence-corrected chi connectivity index (χ0v) is 9.71. The topological polar surface area (TPSA) is 103 Å². The number of aromatic nitrogens is 2. The number of nitrogen functional groups attached to an aromatic ring is 1. The third kappa shape index (κ3) is 1.97. The zero-order valence-electron chi connectivity index (χ0n) is 9.71. The number of likely N-dealkylation sites (N-methyl/N-ethyl adjacent to an activating group) is 1. The van der Waals surface area contributed by atoms with E-state index in [1.54, 1.807) is 12.1 Å². The Bertz CT molecular complexity index is 571. The number of carbonyl (C=O) groups is 2. The lowest BCUT2D eigenvalue weighted by molar-refractivity contribution is -0.121. The zero-order chi connectivity index (χ0) is 13.1. The van der Waals surface area contributed by atoms with Crippen molar-refractivity contribution in [2.24, 2.45) is 0 Å². The van der Waals surface area contributed by atoms with Gasteiger partial charge in [0.05, 0.1) is 11.8 Å². The van der Waals surface area contributed by atoms with E-state index >= 15 is 0 Å². The lowest BCUT2D eigenvalue weighted by Crippen LogP contribution is -2.24. The number of aldehydes is 1. The number of rotatable bonds is 4. The molecule has 0 fully saturated rings. The van der Waals surface area contributed by atoms with E-state index in [1.165, 1.54) is 18.0 Å². The summed E-state index contributed by atoms with van der Waals surface area (Å²) in [6.07, 6.45) is 2.07. The van der Waals surface area contributed by atoms with E-state index in [0.717, 1.165) is 0 Å². The maximum absolute atomic E-state index is 11.3. The summed E-state index contributed by atoms with van der Waals surface area (Å²) in [5, 5.41) is 6.57. The molecule has 2 heterocycles. The standard InChI is InChI=1S/C11H12N4O3/c1-13-9(17)5-15-11(12)7(6-16)10(14-15)8-3-2-4-18-8/h2-4,6H,5,12H2,1H3,(H,13,17). The summed E-state index contributed by atoms with van der Waals surface area (Å²) in [7, 11) is 1.51. The summed E-state index contributed by atoms with van der Waals surface area (Å²) in [6, 6.07) is 3.34. The van der Waals surface area contributed by atoms with Crippen molar-refractivity contribution in [3.63, 3.8) is 0 Å². The third-order valence-electron chi connectivity index (χ3n) is 2.47. The van der Waals surface area contributed by atoms with Gasteiger partial charge in [0.15, 0.2) is 12.0 Å². The minimum absolute atomic E-state index is 0.0517. The van der Waals surface area contributed by atoms with Gasteiger partial charge in [0, 0.05) is 7.05 Å². The molecule has 1 amide bonds. The van der Waals surface area contributed by atoms with Crippen LogP contribution in [0.5, 0.6) is 0 Å². The Balaban J connectivity index is 2.45. The summed E-state index contributed by atoms with van der Waals surface area (Å²) in [5.74, 6) is 0.312. The third-order valence-corrected chi connectivity index (χ3v) is 2.47. The molecule has 0 saturated carbocycles. The molecule has 0 bridgehead atoms. The predicted molar refractivity (Wildman–Crippen MR) is 63.8 cm³/mol. The Morgan fingerprint density at radius 1 is 1.67 bits per heavy atom. The molecule has 94 valence electrons. The number of hydrogen-bond donors (Lipinski definition) is 2. The molecular formula is C11H12N4O3. The van der Waals surface area contributed by atoms with Gasteiger partial charge >= 0.3 is 0 Å². The lowest BCUT2D eigenvalue weighted by Gasteiger charge is -2.01. The summed E-state index contributed by atoms with van der Waals surface area (Å²) < 4.78 is 6.44. The molecule has 0 aliphatic carbocycles. The molecule has 0 spiro atoms. The predicted octanol–water partition coefficient (Wildman–Crippen LogP) is 0.284. The molecule has 0 atom stereocenters. The van der Waals surface area contributed by atoms with Gasteiger partial charge in [-0.1, -0.05) is 0 Å². The van der Waals surface area contributed by atoms with E-state index in [-0.39, 0.29) is 23.8 Å². The first-order chi connectivity index (χ1) is 8.67. The minimum Gasteiger partial charge on any atom is -0.463 e. The summed E-state index contributed by atoms with van der Waals surface area (Å²) in [4.78, 5) is 22.3. The highest BCUT2D eigenvalue weighted by Gasteiger charge is 2.19. The van der Waals surface area contributed by atoms with Crippen LogP contribution in [0.15, 0.2) is 22.8 Å². The first kappa shape index (κ1) is 11.9. The van der Waals surface area contributed by atoms with Crippen molar-refractivity contribution >= 4 is 18.0 Å². The highest BCUT2D eigenvalue weighted by molar-refractivity contribution is 5.91. The van der Waals surface area contributed by atoms with E-state index in [1.807, 2.05) is 0 Å². The average Bonchev–Trinajstić information content (AvgIpc) is 2.98. The van der Waals surface area contributed by atoms with Crippen LogP contribution in [0.4, 0.5) is 5.82 Å². The smallest absolute Gasteiger partial charge is 0.241 e. The van der Waals surface area contributed by atoms with Crippen LogP contribution in [0, 0.1) is 0 Å². The van der Waals surface area contributed by atoms with Crippen molar-refractivity contribution in [1.82, 2.24) is 15.1 Å². The van der Waals surface area contributed by atoms with Crippen LogP contribution in [-0.4, -0.2) is 29.0 Å². The molecule has 3 N–H and O–H groups in total. The minimum atomic E-state index is -0.257. The monoisotopic (exact) mass is 248 g/mol. The first-order valence-corrected chi connectivity index (χ1v) is 5.23. The number of nitrogens with two attached hydrogens (primary N) is 1. The summed E-state index contributed by atoms with van der Waals surface area (Å²) >= 11 is 0. The van der Waals surface area contributed by atoms with Crippen molar-refractivity contribution < 1.29 is 14.0 Å². The Labute approximate surface area is 103 Å². The molecule has 0 unspecified atom stereocenters. The molecule has 0 aromatic carbocycles. The van der Waals surface area contributed by atoms with Crippen LogP contribution in [-0.2, 0) is 11.3 Å². The molecule has 0 aliphatic heterocycles. The molecule has 0 saturated heterocycles. The fourth-order valence-electron chi connectivity index (χ4n) is 1.54. The van der Waals surface area contributed by atoms with E-state index in [9.17, 15) is 9.59 Å². The summed E-state index contributed by atoms with van der Waals surface area (Å²) in [5.41, 5.74) is 6.32. The second kappa shape index (κ2) is 4.74. The maximum atomic E-state index is 11.3. The van der Waals surface area contributed by atoms with Gasteiger partial charge in [-0.2, -0.15) is 5.10 Å². The van der Waals surface area contributed by atoms with Crippen molar-refractivity contribution in [2.45, 2.75) is 6.54 Å². The van der Waals surface area contributed by atoms with Gasteiger partial charge in [0.25, 0.3) is 0 Å². The quantitative estimate of drug-likeness (QED) is 0.756. The lowest BCUT2D eigenvalue weighted by atomic mass is 10.2. The van der Waals surface area contributed by atoms with E-state index in [0.29, 0.717) is 17.7 Å². The van der Waals surface area contributed by atoms with Crippen LogP contribution in [0.3, 0.4) is 0 Å². The number of furan rings is 1. The maximum Gasteiger partial charge on any atom is 0.241 e. The Hall–Kier alpha value is -2.57. The van der Waals surface area contributed by atoms with Gasteiger partial charge in [0.1, 0.15) is 18.1 Å². The molecule has 7 nitrogen and oxygen atoms in total. The highest BCUT2D eigenvalue weighted by atomic mass is 16.3. The molecule has 0 radical (unpaired) electrons. The second-order valence-corrected chi connectivity index (χ2v) is 3.57. The van der Waals surface area contributed by atoms with Gasteiger partial charge in [-0.3, -0.25) is 9.59 Å². The Morgan fingerprint density at radius 2 is 2.44 bits per heavy atom. The summed E-state index contributed by atoms with van der Waals surface area (Å²) in [6.45, 7) is -0.0517.